The van der Waals surface area contributed by atoms with Gasteiger partial charge >= 0.3 is 0 Å². The molecule has 0 aliphatic heterocycles. The molecule has 1 aromatic heterocycles. The number of aromatic nitrogens is 1. The van der Waals surface area contributed by atoms with E-state index in [0.717, 1.165) is 11.1 Å². The summed E-state index contributed by atoms with van der Waals surface area (Å²) in [5, 5.41) is 0. The molecule has 78 valence electrons. The number of hydrogen-bond donors (Lipinski definition) is 1. The molecule has 0 spiro atoms. The van der Waals surface area contributed by atoms with Crippen molar-refractivity contribution in [3.05, 3.63) is 69.6 Å². The van der Waals surface area contributed by atoms with Crippen LogP contribution < -0.4 is 5.56 Å². The Hall–Kier alpha value is -2.27. The van der Waals surface area contributed by atoms with Crippen molar-refractivity contribution in [3.63, 3.8) is 0 Å². The molecule has 0 saturated carbocycles. The molecule has 0 aliphatic rings. The Kier molecular flexibility index (Phi) is 2.88. The smallest absolute Gasteiger partial charge is 0.250 e. The number of nitrogens with one attached hydrogen (secondary N) is 1. The van der Waals surface area contributed by atoms with Gasteiger partial charge in [-0.3, -0.25) is 4.79 Å². The maximum Gasteiger partial charge on any atom is 0.250 e. The van der Waals surface area contributed by atoms with Gasteiger partial charge in [0.25, 0.3) is 5.56 Å². The number of hydrogen-bond acceptors (Lipinski definition) is 1. The fourth-order valence-corrected chi connectivity index (χ4v) is 1.34. The Balaban J connectivity index is 2.31. The van der Waals surface area contributed by atoms with Crippen LogP contribution in [0.2, 0.25) is 0 Å². The van der Waals surface area contributed by atoms with E-state index in [4.69, 9.17) is 0 Å². The van der Waals surface area contributed by atoms with Crippen LogP contribution in [0, 0.1) is 18.8 Å². The van der Waals surface area contributed by atoms with Gasteiger partial charge in [0.1, 0.15) is 0 Å². The molecule has 1 heterocycles. The Bertz CT molecular complexity index is 600. The highest BCUT2D eigenvalue weighted by molar-refractivity contribution is 5.42. The molecule has 0 saturated heterocycles. The Morgan fingerprint density at radius 3 is 2.44 bits per heavy atom. The van der Waals surface area contributed by atoms with Crippen LogP contribution in [0.4, 0.5) is 0 Å². The van der Waals surface area contributed by atoms with E-state index in [0.29, 0.717) is 5.56 Å². The summed E-state index contributed by atoms with van der Waals surface area (Å²) in [7, 11) is 0. The summed E-state index contributed by atoms with van der Waals surface area (Å²) in [6.07, 6.45) is 1.63. The van der Waals surface area contributed by atoms with Crippen molar-refractivity contribution in [1.29, 1.82) is 0 Å². The Morgan fingerprint density at radius 2 is 1.75 bits per heavy atom. The van der Waals surface area contributed by atoms with Gasteiger partial charge in [-0.1, -0.05) is 30.0 Å². The van der Waals surface area contributed by atoms with Crippen LogP contribution in [0.15, 0.2) is 47.4 Å². The summed E-state index contributed by atoms with van der Waals surface area (Å²) in [6, 6.07) is 11.5. The van der Waals surface area contributed by atoms with E-state index in [1.165, 1.54) is 0 Å². The van der Waals surface area contributed by atoms with Crippen molar-refractivity contribution in [2.45, 2.75) is 6.92 Å². The predicted molar refractivity (Wildman–Crippen MR) is 64.2 cm³/mol. The minimum atomic E-state index is -0.0646. The summed E-state index contributed by atoms with van der Waals surface area (Å²) in [4.78, 5) is 13.8. The summed E-state index contributed by atoms with van der Waals surface area (Å²) < 4.78 is 0. The van der Waals surface area contributed by atoms with E-state index in [1.54, 1.807) is 19.2 Å². The molecule has 2 rings (SSSR count). The molecule has 2 heteroatoms. The lowest BCUT2D eigenvalue weighted by molar-refractivity contribution is 1.17. The summed E-state index contributed by atoms with van der Waals surface area (Å²) in [5.74, 6) is 6.04. The molecule has 1 aromatic carbocycles. The third-order valence-electron chi connectivity index (χ3n) is 2.21. The maximum atomic E-state index is 11.1. The first-order chi connectivity index (χ1) is 7.75. The quantitative estimate of drug-likeness (QED) is 0.662. The van der Waals surface area contributed by atoms with Gasteiger partial charge in [-0.05, 0) is 25.1 Å². The average molecular weight is 209 g/mol. The number of H-pyrrole nitrogens is 1. The number of pyridine rings is 1. The van der Waals surface area contributed by atoms with Crippen LogP contribution in [0.5, 0.6) is 0 Å². The van der Waals surface area contributed by atoms with E-state index < -0.39 is 0 Å². The molecule has 0 atom stereocenters. The van der Waals surface area contributed by atoms with Gasteiger partial charge in [0, 0.05) is 22.9 Å². The second-order valence-electron chi connectivity index (χ2n) is 3.52. The van der Waals surface area contributed by atoms with Crippen molar-refractivity contribution in [1.82, 2.24) is 4.98 Å². The van der Waals surface area contributed by atoms with Gasteiger partial charge in [0.15, 0.2) is 0 Å². The highest BCUT2D eigenvalue weighted by Gasteiger charge is 1.92. The van der Waals surface area contributed by atoms with E-state index in [-0.39, 0.29) is 5.56 Å². The minimum Gasteiger partial charge on any atom is -0.328 e. The van der Waals surface area contributed by atoms with E-state index >= 15 is 0 Å². The lowest BCUT2D eigenvalue weighted by Gasteiger charge is -1.92. The van der Waals surface area contributed by atoms with E-state index in [1.807, 2.05) is 30.3 Å². The van der Waals surface area contributed by atoms with Gasteiger partial charge in [-0.15, -0.1) is 0 Å². The molecule has 2 nitrogen and oxygen atoms in total. The molecule has 1 N–H and O–H groups in total. The SMILES string of the molecule is Cc1cc(C#Cc2ccccc2)c[nH]c1=O. The first-order valence-corrected chi connectivity index (χ1v) is 5.02. The summed E-state index contributed by atoms with van der Waals surface area (Å²) in [6.45, 7) is 1.77. The van der Waals surface area contributed by atoms with Gasteiger partial charge in [-0.2, -0.15) is 0 Å². The normalized spacial score (nSPS) is 9.31. The van der Waals surface area contributed by atoms with Crippen LogP contribution in [0.3, 0.4) is 0 Å². The number of benzene rings is 1. The molecule has 2 aromatic rings. The van der Waals surface area contributed by atoms with E-state index in [9.17, 15) is 4.79 Å². The average Bonchev–Trinajstić information content (AvgIpc) is 2.32. The number of aryl methyl sites for hydroxylation is 1. The molecule has 0 unspecified atom stereocenters. The maximum absolute atomic E-state index is 11.1. The zero-order valence-corrected chi connectivity index (χ0v) is 8.95. The predicted octanol–water partition coefficient (Wildman–Crippen LogP) is 2.08. The fraction of sp³-hybridized carbons (Fsp3) is 0.0714. The fourth-order valence-electron chi connectivity index (χ4n) is 1.34. The van der Waals surface area contributed by atoms with Crippen LogP contribution in [-0.2, 0) is 0 Å². The number of aromatic amines is 1. The van der Waals surface area contributed by atoms with Gasteiger partial charge in [0.05, 0.1) is 0 Å². The Labute approximate surface area is 94.0 Å². The number of rotatable bonds is 0. The van der Waals surface area contributed by atoms with Crippen LogP contribution >= 0.6 is 0 Å². The van der Waals surface area contributed by atoms with Crippen LogP contribution in [-0.4, -0.2) is 4.98 Å². The molecular formula is C14H11NO. The van der Waals surface area contributed by atoms with Gasteiger partial charge < -0.3 is 4.98 Å². The van der Waals surface area contributed by atoms with Crippen molar-refractivity contribution in [2.75, 3.05) is 0 Å². The third kappa shape index (κ3) is 2.40. The monoisotopic (exact) mass is 209 g/mol. The molecule has 0 bridgehead atoms. The topological polar surface area (TPSA) is 32.9 Å². The van der Waals surface area contributed by atoms with Crippen molar-refractivity contribution < 1.29 is 0 Å². The largest absolute Gasteiger partial charge is 0.328 e. The molecule has 0 aliphatic carbocycles. The first-order valence-electron chi connectivity index (χ1n) is 5.02. The van der Waals surface area contributed by atoms with Crippen molar-refractivity contribution in [3.8, 4) is 11.8 Å². The minimum absolute atomic E-state index is 0.0646. The van der Waals surface area contributed by atoms with Crippen LogP contribution in [0.25, 0.3) is 0 Å². The van der Waals surface area contributed by atoms with E-state index in [2.05, 4.69) is 16.8 Å². The summed E-state index contributed by atoms with van der Waals surface area (Å²) >= 11 is 0. The molecule has 0 fully saturated rings. The first kappa shape index (κ1) is 10.3. The van der Waals surface area contributed by atoms with Crippen LogP contribution in [0.1, 0.15) is 16.7 Å². The third-order valence-corrected chi connectivity index (χ3v) is 2.21. The second kappa shape index (κ2) is 4.50. The molecule has 16 heavy (non-hydrogen) atoms. The Morgan fingerprint density at radius 1 is 1.06 bits per heavy atom. The zero-order chi connectivity index (χ0) is 11.4. The standard InChI is InChI=1S/C14H11NO/c1-11-9-13(10-15-14(11)16)8-7-12-5-3-2-4-6-12/h2-6,9-10H,1H3,(H,15,16). The highest BCUT2D eigenvalue weighted by Crippen LogP contribution is 1.98. The summed E-state index contributed by atoms with van der Waals surface area (Å²) in [5.41, 5.74) is 2.40. The van der Waals surface area contributed by atoms with Crippen molar-refractivity contribution >= 4 is 0 Å². The highest BCUT2D eigenvalue weighted by atomic mass is 16.1. The molecule has 0 radical (unpaired) electrons. The zero-order valence-electron chi connectivity index (χ0n) is 8.95. The van der Waals surface area contributed by atoms with Gasteiger partial charge in [-0.25, -0.2) is 0 Å². The van der Waals surface area contributed by atoms with Crippen molar-refractivity contribution in [2.24, 2.45) is 0 Å². The lowest BCUT2D eigenvalue weighted by Crippen LogP contribution is -2.08. The lowest BCUT2D eigenvalue weighted by atomic mass is 10.2. The van der Waals surface area contributed by atoms with Gasteiger partial charge in [0.2, 0.25) is 0 Å². The molecule has 0 amide bonds. The molecular weight excluding hydrogens is 198 g/mol. The second-order valence-corrected chi connectivity index (χ2v) is 3.52.